The number of hydrogen-bond donors (Lipinski definition) is 0. The molecule has 0 amide bonds. The fourth-order valence-electron chi connectivity index (χ4n) is 10.6. The van der Waals surface area contributed by atoms with E-state index in [1.165, 1.54) is 64.2 Å². The second-order valence-electron chi connectivity index (χ2n) is 17.1. The summed E-state index contributed by atoms with van der Waals surface area (Å²) in [6.07, 6.45) is 24.0. The van der Waals surface area contributed by atoms with Gasteiger partial charge in [-0.05, 0) is 151 Å². The molecule has 4 rings (SSSR count). The topological polar surface area (TPSA) is 38.8 Å². The van der Waals surface area contributed by atoms with Crippen molar-refractivity contribution in [2.24, 2.45) is 46.3 Å². The molecule has 0 saturated heterocycles. The summed E-state index contributed by atoms with van der Waals surface area (Å²) in [4.78, 5) is 14.1. The third kappa shape index (κ3) is 8.93. The van der Waals surface area contributed by atoms with Gasteiger partial charge in [0, 0.05) is 13.0 Å². The molecule has 3 fully saturated rings. The quantitative estimate of drug-likeness (QED) is 0.0929. The minimum Gasteiger partial charge on any atom is -0.463 e. The number of unbranched alkanes of at least 4 members (excludes halogenated alkanes) is 2. The Hall–Kier alpha value is -0.870. The lowest BCUT2D eigenvalue weighted by atomic mass is 9.47. The maximum atomic E-state index is 12.0. The van der Waals surface area contributed by atoms with Gasteiger partial charge in [0.1, 0.15) is 0 Å². The van der Waals surface area contributed by atoms with E-state index in [4.69, 9.17) is 9.47 Å². The number of carbonyl (C=O) groups excluding carboxylic acids is 1. The smallest absolute Gasteiger partial charge is 0.306 e. The van der Waals surface area contributed by atoms with E-state index >= 15 is 0 Å². The Morgan fingerprint density at radius 1 is 0.909 bits per heavy atom. The van der Waals surface area contributed by atoms with Crippen LogP contribution in [0.3, 0.4) is 0 Å². The van der Waals surface area contributed by atoms with Crippen LogP contribution in [-0.2, 0) is 14.3 Å². The molecular formula is C40H71NO3. The van der Waals surface area contributed by atoms with E-state index in [0.29, 0.717) is 23.4 Å². The molecule has 4 heteroatoms. The molecule has 0 bridgehead atoms. The normalized spacial score (nSPS) is 34.7. The standard InChI is InChI=1S/C40H71NO3/c1-29(2)14-12-15-30(3)35-20-21-36-34-19-18-32-28-33(22-24-39(32,5)37(34)23-25-40(35,36)6)43-27-11-9-10-16-31(4)44-38(42)17-13-26-41(7)8/h18,29-31,33-37H,9-17,19-28H2,1-8H3/t30-,31?,33+,34?,35-,36?,37?,39+,40-/m1/s1. The zero-order valence-corrected chi connectivity index (χ0v) is 30.3. The molecule has 4 aliphatic rings. The summed E-state index contributed by atoms with van der Waals surface area (Å²) in [6, 6.07) is 0. The highest BCUT2D eigenvalue weighted by atomic mass is 16.5. The molecule has 4 aliphatic carbocycles. The molecule has 0 heterocycles. The second kappa shape index (κ2) is 16.3. The molecule has 0 aliphatic heterocycles. The molecule has 0 N–H and O–H groups in total. The summed E-state index contributed by atoms with van der Waals surface area (Å²) in [6.45, 7) is 16.6. The van der Waals surface area contributed by atoms with Crippen molar-refractivity contribution in [1.82, 2.24) is 4.90 Å². The lowest BCUT2D eigenvalue weighted by Crippen LogP contribution is -2.51. The lowest BCUT2D eigenvalue weighted by Gasteiger charge is -2.58. The SMILES string of the molecule is CC(C)CCC[C@@H](C)[C@H]1CCC2C3CC=C4C[C@@H](OCCCCCC(C)OC(=O)CCCN(C)C)CC[C@]4(C)C3CC[C@@]21C. The number of nitrogens with zero attached hydrogens (tertiary/aromatic N) is 1. The van der Waals surface area contributed by atoms with Crippen LogP contribution < -0.4 is 0 Å². The van der Waals surface area contributed by atoms with Crippen molar-refractivity contribution >= 4 is 5.97 Å². The van der Waals surface area contributed by atoms with Gasteiger partial charge in [-0.25, -0.2) is 0 Å². The lowest BCUT2D eigenvalue weighted by molar-refractivity contribution is -0.148. The highest BCUT2D eigenvalue weighted by molar-refractivity contribution is 5.69. The van der Waals surface area contributed by atoms with Crippen LogP contribution in [0.25, 0.3) is 0 Å². The Labute approximate surface area is 272 Å². The monoisotopic (exact) mass is 614 g/mol. The van der Waals surface area contributed by atoms with Gasteiger partial charge < -0.3 is 14.4 Å². The second-order valence-corrected chi connectivity index (χ2v) is 17.1. The third-order valence-electron chi connectivity index (χ3n) is 13.2. The number of esters is 1. The predicted octanol–water partition coefficient (Wildman–Crippen LogP) is 10.2. The van der Waals surface area contributed by atoms with Crippen molar-refractivity contribution in [1.29, 1.82) is 0 Å². The summed E-state index contributed by atoms with van der Waals surface area (Å²) in [5.41, 5.74) is 2.73. The fraction of sp³-hybridized carbons (Fsp3) is 0.925. The Balaban J connectivity index is 1.18. The van der Waals surface area contributed by atoms with E-state index in [9.17, 15) is 4.79 Å². The van der Waals surface area contributed by atoms with E-state index in [2.05, 4.69) is 45.6 Å². The maximum absolute atomic E-state index is 12.0. The van der Waals surface area contributed by atoms with Gasteiger partial charge in [0.05, 0.1) is 12.2 Å². The van der Waals surface area contributed by atoms with Crippen LogP contribution in [0, 0.1) is 46.3 Å². The van der Waals surface area contributed by atoms with Crippen LogP contribution in [0.1, 0.15) is 151 Å². The summed E-state index contributed by atoms with van der Waals surface area (Å²) < 4.78 is 12.1. The molecule has 0 radical (unpaired) electrons. The van der Waals surface area contributed by atoms with Crippen molar-refractivity contribution in [3.63, 3.8) is 0 Å². The van der Waals surface area contributed by atoms with Gasteiger partial charge >= 0.3 is 5.97 Å². The van der Waals surface area contributed by atoms with Crippen LogP contribution in [-0.4, -0.2) is 50.3 Å². The van der Waals surface area contributed by atoms with E-state index in [-0.39, 0.29) is 12.1 Å². The average Bonchev–Trinajstić information content (AvgIpc) is 3.31. The maximum Gasteiger partial charge on any atom is 0.306 e. The highest BCUT2D eigenvalue weighted by Gasteiger charge is 2.59. The van der Waals surface area contributed by atoms with Crippen molar-refractivity contribution in [2.45, 2.75) is 163 Å². The molecule has 44 heavy (non-hydrogen) atoms. The van der Waals surface area contributed by atoms with Gasteiger partial charge in [-0.2, -0.15) is 0 Å². The molecule has 3 saturated carbocycles. The summed E-state index contributed by atoms with van der Waals surface area (Å²) in [5, 5.41) is 0. The molecule has 254 valence electrons. The van der Waals surface area contributed by atoms with Crippen molar-refractivity contribution < 1.29 is 14.3 Å². The zero-order chi connectivity index (χ0) is 31.9. The number of fused-ring (bicyclic) bond motifs is 5. The number of carbonyl (C=O) groups is 1. The molecule has 0 aromatic rings. The van der Waals surface area contributed by atoms with E-state index in [1.54, 1.807) is 5.57 Å². The first-order chi connectivity index (χ1) is 20.9. The highest BCUT2D eigenvalue weighted by Crippen LogP contribution is 2.67. The van der Waals surface area contributed by atoms with Crippen LogP contribution in [0.15, 0.2) is 11.6 Å². The fourth-order valence-corrected chi connectivity index (χ4v) is 10.6. The van der Waals surface area contributed by atoms with E-state index in [1.807, 2.05) is 21.0 Å². The molecule has 4 nitrogen and oxygen atoms in total. The summed E-state index contributed by atoms with van der Waals surface area (Å²) in [5.74, 6) is 5.37. The minimum atomic E-state index is -0.0490. The van der Waals surface area contributed by atoms with Crippen LogP contribution in [0.4, 0.5) is 0 Å². The molecule has 0 spiro atoms. The van der Waals surface area contributed by atoms with Crippen molar-refractivity contribution in [3.05, 3.63) is 11.6 Å². The van der Waals surface area contributed by atoms with Gasteiger partial charge in [0.25, 0.3) is 0 Å². The van der Waals surface area contributed by atoms with Crippen molar-refractivity contribution in [3.8, 4) is 0 Å². The Morgan fingerprint density at radius 2 is 1.70 bits per heavy atom. The largest absolute Gasteiger partial charge is 0.463 e. The van der Waals surface area contributed by atoms with Gasteiger partial charge in [0.15, 0.2) is 0 Å². The first-order valence-corrected chi connectivity index (χ1v) is 19.1. The van der Waals surface area contributed by atoms with Crippen LogP contribution >= 0.6 is 0 Å². The first kappa shape index (κ1) is 36.0. The zero-order valence-electron chi connectivity index (χ0n) is 30.3. The molecule has 0 aromatic heterocycles. The number of hydrogen-bond acceptors (Lipinski definition) is 4. The minimum absolute atomic E-state index is 0.0201. The molecule has 4 unspecified atom stereocenters. The van der Waals surface area contributed by atoms with Crippen LogP contribution in [0.5, 0.6) is 0 Å². The van der Waals surface area contributed by atoms with Gasteiger partial charge in [-0.3, -0.25) is 4.79 Å². The molecule has 9 atom stereocenters. The third-order valence-corrected chi connectivity index (χ3v) is 13.2. The first-order valence-electron chi connectivity index (χ1n) is 19.1. The molecule has 0 aromatic carbocycles. The summed E-state index contributed by atoms with van der Waals surface area (Å²) in [7, 11) is 4.08. The summed E-state index contributed by atoms with van der Waals surface area (Å²) >= 11 is 0. The van der Waals surface area contributed by atoms with E-state index < -0.39 is 0 Å². The average molecular weight is 614 g/mol. The number of allylic oxidation sites excluding steroid dienone is 1. The van der Waals surface area contributed by atoms with Gasteiger partial charge in [-0.15, -0.1) is 0 Å². The Morgan fingerprint density at radius 3 is 2.45 bits per heavy atom. The number of ether oxygens (including phenoxy) is 2. The number of rotatable bonds is 17. The van der Waals surface area contributed by atoms with Crippen molar-refractivity contribution in [2.75, 3.05) is 27.2 Å². The van der Waals surface area contributed by atoms with Crippen LogP contribution in [0.2, 0.25) is 0 Å². The predicted molar refractivity (Wildman–Crippen MR) is 185 cm³/mol. The van der Waals surface area contributed by atoms with Gasteiger partial charge in [-0.1, -0.05) is 72.0 Å². The van der Waals surface area contributed by atoms with E-state index in [0.717, 1.165) is 87.2 Å². The van der Waals surface area contributed by atoms with Gasteiger partial charge in [0.2, 0.25) is 0 Å². The Bertz CT molecular complexity index is 928. The Kier molecular flexibility index (Phi) is 13.3. The molecular weight excluding hydrogens is 542 g/mol.